The van der Waals surface area contributed by atoms with Crippen LogP contribution in [0.3, 0.4) is 0 Å². The molecule has 0 spiro atoms. The summed E-state index contributed by atoms with van der Waals surface area (Å²) < 4.78 is 6.13. The number of thioether (sulfide) groups is 1. The fourth-order valence-corrected chi connectivity index (χ4v) is 5.23. The highest BCUT2D eigenvalue weighted by Crippen LogP contribution is 2.24. The predicted octanol–water partition coefficient (Wildman–Crippen LogP) is 4.15. The van der Waals surface area contributed by atoms with Gasteiger partial charge in [-0.25, -0.2) is 4.98 Å². The molecule has 172 valence electrons. The Kier molecular flexibility index (Phi) is 7.51. The molecular weight excluding hydrogens is 456 g/mol. The molecule has 4 rings (SSSR count). The number of aromatic nitrogens is 1. The Morgan fingerprint density at radius 2 is 1.88 bits per heavy atom. The minimum absolute atomic E-state index is 0.0254. The monoisotopic (exact) mass is 482 g/mol. The van der Waals surface area contributed by atoms with Crippen molar-refractivity contribution in [1.29, 1.82) is 0 Å². The number of aryl methyl sites for hydroxylation is 1. The number of thiazole rings is 1. The lowest BCUT2D eigenvalue weighted by Crippen LogP contribution is -2.48. The number of piperazine rings is 1. The minimum Gasteiger partial charge on any atom is -0.497 e. The molecule has 0 unspecified atom stereocenters. The van der Waals surface area contributed by atoms with Gasteiger partial charge in [0.05, 0.1) is 12.9 Å². The molecule has 0 bridgehead atoms. The third-order valence-corrected chi connectivity index (χ3v) is 7.46. The smallest absolute Gasteiger partial charge is 0.254 e. The molecule has 3 aromatic rings. The Morgan fingerprint density at radius 3 is 2.55 bits per heavy atom. The van der Waals surface area contributed by atoms with E-state index in [-0.39, 0.29) is 11.8 Å². The number of carbonyl (C=O) groups excluding carboxylic acids is 2. The van der Waals surface area contributed by atoms with Gasteiger partial charge >= 0.3 is 0 Å². The van der Waals surface area contributed by atoms with Gasteiger partial charge in [-0.15, -0.1) is 11.3 Å². The normalized spacial score (nSPS) is 13.6. The van der Waals surface area contributed by atoms with E-state index < -0.39 is 0 Å². The molecule has 0 radical (unpaired) electrons. The van der Waals surface area contributed by atoms with Crippen molar-refractivity contribution in [3.8, 4) is 5.75 Å². The van der Waals surface area contributed by atoms with E-state index in [0.717, 1.165) is 34.5 Å². The van der Waals surface area contributed by atoms with Crippen LogP contribution in [0.25, 0.3) is 0 Å². The quantitative estimate of drug-likeness (QED) is 0.510. The standard InChI is InChI=1S/C24H26N4O3S2/c1-17-15-32-24(25-17)33-16-22(29)26-19-6-8-20(9-7-19)27-10-12-28(13-11-27)23(30)18-4-3-5-21(14-18)31-2/h3-9,14-15H,10-13,16H2,1-2H3,(H,26,29). The van der Waals surface area contributed by atoms with E-state index in [9.17, 15) is 9.59 Å². The number of hydrogen-bond acceptors (Lipinski definition) is 7. The molecule has 1 saturated heterocycles. The zero-order valence-electron chi connectivity index (χ0n) is 18.6. The minimum atomic E-state index is -0.0507. The predicted molar refractivity (Wildman–Crippen MR) is 134 cm³/mol. The highest BCUT2D eigenvalue weighted by molar-refractivity contribution is 8.01. The highest BCUT2D eigenvalue weighted by atomic mass is 32.2. The van der Waals surface area contributed by atoms with Crippen molar-refractivity contribution in [2.24, 2.45) is 0 Å². The van der Waals surface area contributed by atoms with Crippen molar-refractivity contribution in [1.82, 2.24) is 9.88 Å². The number of benzene rings is 2. The number of methoxy groups -OCH3 is 1. The fraction of sp³-hybridized carbons (Fsp3) is 0.292. The van der Waals surface area contributed by atoms with Crippen molar-refractivity contribution in [3.63, 3.8) is 0 Å². The second kappa shape index (κ2) is 10.7. The summed E-state index contributed by atoms with van der Waals surface area (Å²) in [5.41, 5.74) is 3.47. The zero-order chi connectivity index (χ0) is 23.2. The highest BCUT2D eigenvalue weighted by Gasteiger charge is 2.22. The third-order valence-electron chi connectivity index (χ3n) is 5.32. The van der Waals surface area contributed by atoms with Crippen LogP contribution < -0.4 is 15.0 Å². The topological polar surface area (TPSA) is 74.8 Å². The molecule has 1 N–H and O–H groups in total. The van der Waals surface area contributed by atoms with E-state index >= 15 is 0 Å². The number of hydrogen-bond donors (Lipinski definition) is 1. The van der Waals surface area contributed by atoms with Gasteiger partial charge < -0.3 is 19.9 Å². The second-order valence-corrected chi connectivity index (χ2v) is 9.73. The average Bonchev–Trinajstić information content (AvgIpc) is 3.28. The van der Waals surface area contributed by atoms with Crippen LogP contribution >= 0.6 is 23.1 Å². The van der Waals surface area contributed by atoms with E-state index in [1.54, 1.807) is 24.5 Å². The van der Waals surface area contributed by atoms with Crippen molar-refractivity contribution in [3.05, 3.63) is 65.2 Å². The maximum absolute atomic E-state index is 12.8. The maximum atomic E-state index is 12.8. The van der Waals surface area contributed by atoms with E-state index in [4.69, 9.17) is 4.74 Å². The summed E-state index contributed by atoms with van der Waals surface area (Å²) in [7, 11) is 1.60. The van der Waals surface area contributed by atoms with Gasteiger partial charge in [0.2, 0.25) is 5.91 Å². The summed E-state index contributed by atoms with van der Waals surface area (Å²) in [5.74, 6) is 0.990. The largest absolute Gasteiger partial charge is 0.497 e. The van der Waals surface area contributed by atoms with Crippen molar-refractivity contribution >= 4 is 46.3 Å². The van der Waals surface area contributed by atoms with Crippen molar-refractivity contribution < 1.29 is 14.3 Å². The molecule has 2 aromatic carbocycles. The Morgan fingerprint density at radius 1 is 1.12 bits per heavy atom. The summed E-state index contributed by atoms with van der Waals surface area (Å²) in [6, 6.07) is 15.1. The molecule has 33 heavy (non-hydrogen) atoms. The Balaban J connectivity index is 1.26. The lowest BCUT2D eigenvalue weighted by atomic mass is 10.1. The molecule has 7 nitrogen and oxygen atoms in total. The first-order chi connectivity index (χ1) is 16.0. The second-order valence-electron chi connectivity index (χ2n) is 7.65. The number of ether oxygens (including phenoxy) is 1. The number of nitrogens with one attached hydrogen (secondary N) is 1. The molecule has 1 fully saturated rings. The van der Waals surface area contributed by atoms with E-state index in [0.29, 0.717) is 30.2 Å². The molecule has 1 aliphatic rings. The molecule has 0 saturated carbocycles. The number of rotatable bonds is 7. The zero-order valence-corrected chi connectivity index (χ0v) is 20.2. The van der Waals surface area contributed by atoms with Crippen molar-refractivity contribution in [2.75, 3.05) is 49.3 Å². The number of carbonyl (C=O) groups is 2. The first kappa shape index (κ1) is 23.1. The van der Waals surface area contributed by atoms with Gasteiger partial charge in [0, 0.05) is 54.2 Å². The lowest BCUT2D eigenvalue weighted by Gasteiger charge is -2.36. The molecular formula is C24H26N4O3S2. The van der Waals surface area contributed by atoms with Crippen molar-refractivity contribution in [2.45, 2.75) is 11.3 Å². The molecule has 0 aliphatic carbocycles. The van der Waals surface area contributed by atoms with Gasteiger partial charge in [-0.05, 0) is 49.4 Å². The lowest BCUT2D eigenvalue weighted by molar-refractivity contribution is -0.113. The Bertz CT molecular complexity index is 1110. The van der Waals surface area contributed by atoms with Gasteiger partial charge in [0.1, 0.15) is 5.75 Å². The van der Waals surface area contributed by atoms with E-state index in [2.05, 4.69) is 15.2 Å². The summed E-state index contributed by atoms with van der Waals surface area (Å²) in [6.45, 7) is 4.77. The number of nitrogens with zero attached hydrogens (tertiary/aromatic N) is 3. The van der Waals surface area contributed by atoms with Crippen LogP contribution in [0.1, 0.15) is 16.1 Å². The SMILES string of the molecule is COc1cccc(C(=O)N2CCN(c3ccc(NC(=O)CSc4nc(C)cs4)cc3)CC2)c1. The van der Waals surface area contributed by atoms with Crippen LogP contribution in [-0.2, 0) is 4.79 Å². The average molecular weight is 483 g/mol. The van der Waals surface area contributed by atoms with Crippen LogP contribution in [0.15, 0.2) is 58.3 Å². The number of amides is 2. The number of anilines is 2. The van der Waals surface area contributed by atoms with Gasteiger partial charge in [-0.1, -0.05) is 17.8 Å². The van der Waals surface area contributed by atoms with Crippen LogP contribution in [0.2, 0.25) is 0 Å². The van der Waals surface area contributed by atoms with Crippen LogP contribution in [0, 0.1) is 6.92 Å². The molecule has 1 aromatic heterocycles. The van der Waals surface area contributed by atoms with Crippen LogP contribution in [0.5, 0.6) is 5.75 Å². The van der Waals surface area contributed by atoms with Crippen LogP contribution in [-0.4, -0.2) is 60.7 Å². The molecule has 2 amide bonds. The first-order valence-corrected chi connectivity index (χ1v) is 12.5. The molecule has 1 aliphatic heterocycles. The van der Waals surface area contributed by atoms with E-state index in [1.807, 2.05) is 59.7 Å². The van der Waals surface area contributed by atoms with Gasteiger partial charge in [0.25, 0.3) is 5.91 Å². The van der Waals surface area contributed by atoms with E-state index in [1.165, 1.54) is 11.8 Å². The third kappa shape index (κ3) is 6.06. The molecule has 9 heteroatoms. The Labute approximate surface area is 201 Å². The maximum Gasteiger partial charge on any atom is 0.254 e. The summed E-state index contributed by atoms with van der Waals surface area (Å²) in [5, 5.41) is 4.91. The summed E-state index contributed by atoms with van der Waals surface area (Å²) in [6.07, 6.45) is 0. The molecule has 0 atom stereocenters. The van der Waals surface area contributed by atoms with Gasteiger partial charge in [0.15, 0.2) is 4.34 Å². The fourth-order valence-electron chi connectivity index (χ4n) is 3.59. The summed E-state index contributed by atoms with van der Waals surface area (Å²) >= 11 is 3.00. The van der Waals surface area contributed by atoms with Crippen LogP contribution in [0.4, 0.5) is 11.4 Å². The Hall–Kier alpha value is -3.04. The first-order valence-electron chi connectivity index (χ1n) is 10.6. The van der Waals surface area contributed by atoms with Gasteiger partial charge in [-0.3, -0.25) is 9.59 Å². The summed E-state index contributed by atoms with van der Waals surface area (Å²) in [4.78, 5) is 33.5. The molecule has 2 heterocycles. The van der Waals surface area contributed by atoms with Gasteiger partial charge in [-0.2, -0.15) is 0 Å².